The molecule has 0 saturated carbocycles. The van der Waals surface area contributed by atoms with Gasteiger partial charge in [-0.15, -0.1) is 0 Å². The third-order valence-corrected chi connectivity index (χ3v) is 3.22. The molecule has 0 aliphatic carbocycles. The molecule has 0 spiro atoms. The van der Waals surface area contributed by atoms with E-state index in [0.717, 1.165) is 11.3 Å². The quantitative estimate of drug-likeness (QED) is 0.732. The second kappa shape index (κ2) is 4.01. The summed E-state index contributed by atoms with van der Waals surface area (Å²) in [4.78, 5) is 15.2. The fourth-order valence-corrected chi connectivity index (χ4v) is 2.47. The lowest BCUT2D eigenvalue weighted by Gasteiger charge is -2.31. The molecule has 0 amide bonds. The lowest BCUT2D eigenvalue weighted by atomic mass is 9.74. The number of H-pyrrole nitrogens is 1. The van der Waals surface area contributed by atoms with E-state index in [4.69, 9.17) is 0 Å². The van der Waals surface area contributed by atoms with Crippen LogP contribution >= 0.6 is 0 Å². The fraction of sp³-hybridized carbons (Fsp3) is 0.667. The van der Waals surface area contributed by atoms with Crippen LogP contribution in [0.5, 0.6) is 0 Å². The number of pyridine rings is 1. The zero-order chi connectivity index (χ0) is 13.6. The normalized spacial score (nSPS) is 12.9. The molecule has 96 valence electrons. The lowest BCUT2D eigenvalue weighted by Crippen LogP contribution is -2.33. The van der Waals surface area contributed by atoms with Gasteiger partial charge in [0.1, 0.15) is 0 Å². The Morgan fingerprint density at radius 2 is 1.24 bits per heavy atom. The Bertz CT molecular complexity index is 481. The van der Waals surface area contributed by atoms with E-state index in [2.05, 4.69) is 53.5 Å². The van der Waals surface area contributed by atoms with Gasteiger partial charge in [0.25, 0.3) is 5.56 Å². The molecule has 0 aromatic carbocycles. The van der Waals surface area contributed by atoms with Gasteiger partial charge in [-0.2, -0.15) is 0 Å². The largest absolute Gasteiger partial charge is 0.326 e. The predicted octanol–water partition coefficient (Wildman–Crippen LogP) is 3.59. The number of aromatic nitrogens is 1. The van der Waals surface area contributed by atoms with Gasteiger partial charge in [0.2, 0.25) is 0 Å². The van der Waals surface area contributed by atoms with Crippen molar-refractivity contribution < 1.29 is 0 Å². The summed E-state index contributed by atoms with van der Waals surface area (Å²) in [5.74, 6) is 0. The van der Waals surface area contributed by atoms with Gasteiger partial charge in [-0.25, -0.2) is 0 Å². The third-order valence-electron chi connectivity index (χ3n) is 3.22. The smallest absolute Gasteiger partial charge is 0.252 e. The summed E-state index contributed by atoms with van der Waals surface area (Å²) in [5, 5.41) is 0. The Balaban J connectivity index is 3.83. The molecule has 2 nitrogen and oxygen atoms in total. The first-order valence-corrected chi connectivity index (χ1v) is 6.20. The van der Waals surface area contributed by atoms with Gasteiger partial charge in [0.15, 0.2) is 0 Å². The average Bonchev–Trinajstić information content (AvgIpc) is 2.06. The van der Waals surface area contributed by atoms with Crippen LogP contribution in [0, 0.1) is 13.8 Å². The Morgan fingerprint density at radius 3 is 1.59 bits per heavy atom. The van der Waals surface area contributed by atoms with Gasteiger partial charge in [0, 0.05) is 11.3 Å². The molecular weight excluding hydrogens is 210 g/mol. The minimum atomic E-state index is -0.130. The number of hydrogen-bond acceptors (Lipinski definition) is 1. The van der Waals surface area contributed by atoms with Crippen LogP contribution in [0.15, 0.2) is 4.79 Å². The highest BCUT2D eigenvalue weighted by Gasteiger charge is 2.30. The molecule has 1 aromatic heterocycles. The molecule has 17 heavy (non-hydrogen) atoms. The van der Waals surface area contributed by atoms with Crippen LogP contribution in [0.1, 0.15) is 63.9 Å². The van der Waals surface area contributed by atoms with Crippen molar-refractivity contribution >= 4 is 0 Å². The first kappa shape index (κ1) is 14.0. The fourth-order valence-electron chi connectivity index (χ4n) is 2.47. The van der Waals surface area contributed by atoms with Gasteiger partial charge in [-0.05, 0) is 35.8 Å². The van der Waals surface area contributed by atoms with E-state index in [1.54, 1.807) is 0 Å². The van der Waals surface area contributed by atoms with Crippen LogP contribution in [0.4, 0.5) is 0 Å². The summed E-state index contributed by atoms with van der Waals surface area (Å²) in [7, 11) is 0. The minimum Gasteiger partial charge on any atom is -0.326 e. The van der Waals surface area contributed by atoms with Crippen molar-refractivity contribution in [2.75, 3.05) is 0 Å². The van der Waals surface area contributed by atoms with Gasteiger partial charge in [0.05, 0.1) is 0 Å². The molecule has 0 aliphatic rings. The third kappa shape index (κ3) is 2.62. The molecule has 0 unspecified atom stereocenters. The topological polar surface area (TPSA) is 32.9 Å². The van der Waals surface area contributed by atoms with Crippen molar-refractivity contribution in [2.45, 2.75) is 66.2 Å². The van der Waals surface area contributed by atoms with Crippen LogP contribution in [0.2, 0.25) is 0 Å². The standard InChI is InChI=1S/C15H25NO/c1-9-10(2)16-13(17)12(15(6,7)8)11(9)14(3,4)5/h1-8H3,(H,16,17). The van der Waals surface area contributed by atoms with E-state index >= 15 is 0 Å². The van der Waals surface area contributed by atoms with Gasteiger partial charge in [-0.3, -0.25) is 4.79 Å². The molecule has 0 saturated heterocycles. The van der Waals surface area contributed by atoms with Crippen molar-refractivity contribution in [3.8, 4) is 0 Å². The first-order chi connectivity index (χ1) is 7.46. The summed E-state index contributed by atoms with van der Waals surface area (Å²) >= 11 is 0. The van der Waals surface area contributed by atoms with Crippen molar-refractivity contribution in [1.29, 1.82) is 0 Å². The molecule has 0 radical (unpaired) electrons. The van der Waals surface area contributed by atoms with Crippen LogP contribution in [0.25, 0.3) is 0 Å². The summed E-state index contributed by atoms with van der Waals surface area (Å²) in [6, 6.07) is 0. The summed E-state index contributed by atoms with van der Waals surface area (Å²) < 4.78 is 0. The van der Waals surface area contributed by atoms with E-state index in [-0.39, 0.29) is 16.4 Å². The van der Waals surface area contributed by atoms with Crippen molar-refractivity contribution in [3.63, 3.8) is 0 Å². The molecular formula is C15H25NO. The molecule has 2 heteroatoms. The molecule has 0 bridgehead atoms. The van der Waals surface area contributed by atoms with Crippen molar-refractivity contribution in [1.82, 2.24) is 4.98 Å². The number of nitrogens with one attached hydrogen (secondary N) is 1. The Morgan fingerprint density at radius 1 is 0.824 bits per heavy atom. The number of rotatable bonds is 0. The van der Waals surface area contributed by atoms with Crippen molar-refractivity contribution in [2.24, 2.45) is 0 Å². The molecule has 0 aliphatic heterocycles. The SMILES string of the molecule is Cc1[nH]c(=O)c(C(C)(C)C)c(C(C)(C)C)c1C. The van der Waals surface area contributed by atoms with Gasteiger partial charge >= 0.3 is 0 Å². The minimum absolute atomic E-state index is 0.00822. The molecule has 1 aromatic rings. The maximum absolute atomic E-state index is 12.3. The van der Waals surface area contributed by atoms with Gasteiger partial charge < -0.3 is 4.98 Å². The second-order valence-electron chi connectivity index (χ2n) is 6.95. The predicted molar refractivity (Wildman–Crippen MR) is 73.9 cm³/mol. The second-order valence-corrected chi connectivity index (χ2v) is 6.95. The molecule has 0 atom stereocenters. The van der Waals surface area contributed by atoms with E-state index in [1.165, 1.54) is 11.1 Å². The average molecular weight is 235 g/mol. The van der Waals surface area contributed by atoms with E-state index < -0.39 is 0 Å². The summed E-state index contributed by atoms with van der Waals surface area (Å²) in [6.45, 7) is 16.9. The molecule has 1 heterocycles. The van der Waals surface area contributed by atoms with Gasteiger partial charge in [-0.1, -0.05) is 41.5 Å². The van der Waals surface area contributed by atoms with Crippen LogP contribution in [0.3, 0.4) is 0 Å². The van der Waals surface area contributed by atoms with Crippen LogP contribution in [-0.2, 0) is 10.8 Å². The Labute approximate surface area is 104 Å². The summed E-state index contributed by atoms with van der Waals surface area (Å²) in [5.41, 5.74) is 4.24. The molecule has 1 N–H and O–H groups in total. The zero-order valence-corrected chi connectivity index (χ0v) is 12.4. The van der Waals surface area contributed by atoms with E-state index in [9.17, 15) is 4.79 Å². The monoisotopic (exact) mass is 235 g/mol. The maximum Gasteiger partial charge on any atom is 0.252 e. The first-order valence-electron chi connectivity index (χ1n) is 6.20. The number of aromatic amines is 1. The Hall–Kier alpha value is -1.05. The highest BCUT2D eigenvalue weighted by Crippen LogP contribution is 2.34. The number of hydrogen-bond donors (Lipinski definition) is 1. The summed E-state index contributed by atoms with van der Waals surface area (Å²) in [6.07, 6.45) is 0. The van der Waals surface area contributed by atoms with Crippen molar-refractivity contribution in [3.05, 3.63) is 32.7 Å². The molecule has 1 rings (SSSR count). The maximum atomic E-state index is 12.3. The highest BCUT2D eigenvalue weighted by atomic mass is 16.1. The Kier molecular flexibility index (Phi) is 3.30. The van der Waals surface area contributed by atoms with E-state index in [0.29, 0.717) is 0 Å². The van der Waals surface area contributed by atoms with Crippen LogP contribution < -0.4 is 5.56 Å². The number of aryl methyl sites for hydroxylation is 1. The highest BCUT2D eigenvalue weighted by molar-refractivity contribution is 5.43. The molecule has 0 fully saturated rings. The van der Waals surface area contributed by atoms with Crippen LogP contribution in [-0.4, -0.2) is 4.98 Å². The van der Waals surface area contributed by atoms with E-state index in [1.807, 2.05) is 6.92 Å². The zero-order valence-electron chi connectivity index (χ0n) is 12.4. The lowest BCUT2D eigenvalue weighted by molar-refractivity contribution is 0.518.